The summed E-state index contributed by atoms with van der Waals surface area (Å²) in [6, 6.07) is 3.02. The van der Waals surface area contributed by atoms with E-state index < -0.39 is 27.0 Å². The minimum Gasteiger partial charge on any atom is -0.304 e. The summed E-state index contributed by atoms with van der Waals surface area (Å²) in [5.74, 6) is -1.05. The van der Waals surface area contributed by atoms with Crippen LogP contribution < -0.4 is 5.32 Å². The lowest BCUT2D eigenvalue weighted by Gasteiger charge is -2.29. The fraction of sp³-hybridized carbons (Fsp3) is 0.538. The van der Waals surface area contributed by atoms with Gasteiger partial charge in [0.1, 0.15) is 11.6 Å². The van der Waals surface area contributed by atoms with Crippen molar-refractivity contribution in [3.8, 4) is 0 Å². The SMILES string of the molecule is CC(NC1(C)CCS(=O)(=O)C1)c1cc(F)cc(F)c1. The van der Waals surface area contributed by atoms with Gasteiger partial charge in [0.2, 0.25) is 0 Å². The van der Waals surface area contributed by atoms with E-state index in [1.807, 2.05) is 6.92 Å². The number of benzene rings is 1. The van der Waals surface area contributed by atoms with Gasteiger partial charge in [0.15, 0.2) is 9.84 Å². The van der Waals surface area contributed by atoms with Crippen LogP contribution in [-0.4, -0.2) is 25.5 Å². The first-order valence-corrected chi connectivity index (χ1v) is 7.95. The van der Waals surface area contributed by atoms with Crippen LogP contribution in [-0.2, 0) is 9.84 Å². The molecule has 3 nitrogen and oxygen atoms in total. The molecule has 2 rings (SSSR count). The lowest BCUT2D eigenvalue weighted by Crippen LogP contribution is -2.44. The van der Waals surface area contributed by atoms with Crippen LogP contribution in [0.25, 0.3) is 0 Å². The summed E-state index contributed by atoms with van der Waals surface area (Å²) >= 11 is 0. The van der Waals surface area contributed by atoms with Crippen LogP contribution in [0.1, 0.15) is 31.9 Å². The Balaban J connectivity index is 2.15. The van der Waals surface area contributed by atoms with Crippen molar-refractivity contribution in [3.63, 3.8) is 0 Å². The van der Waals surface area contributed by atoms with Gasteiger partial charge in [0.25, 0.3) is 0 Å². The summed E-state index contributed by atoms with van der Waals surface area (Å²) in [7, 11) is -3.01. The monoisotopic (exact) mass is 289 g/mol. The number of sulfone groups is 1. The predicted molar refractivity (Wildman–Crippen MR) is 69.6 cm³/mol. The molecule has 106 valence electrons. The molecule has 1 aromatic rings. The Labute approximate surface area is 111 Å². The number of nitrogens with one attached hydrogen (secondary N) is 1. The summed E-state index contributed by atoms with van der Waals surface area (Å²) in [5, 5.41) is 3.17. The summed E-state index contributed by atoms with van der Waals surface area (Å²) in [4.78, 5) is 0. The summed E-state index contributed by atoms with van der Waals surface area (Å²) in [6.07, 6.45) is 0.511. The first-order chi connectivity index (χ1) is 8.69. The van der Waals surface area contributed by atoms with Crippen molar-refractivity contribution < 1.29 is 17.2 Å². The first-order valence-electron chi connectivity index (χ1n) is 6.13. The van der Waals surface area contributed by atoms with Crippen LogP contribution in [0.2, 0.25) is 0 Å². The van der Waals surface area contributed by atoms with Gasteiger partial charge in [0, 0.05) is 17.6 Å². The third-order valence-corrected chi connectivity index (χ3v) is 5.36. The van der Waals surface area contributed by atoms with Crippen LogP contribution in [0.5, 0.6) is 0 Å². The highest BCUT2D eigenvalue weighted by Gasteiger charge is 2.39. The molecule has 6 heteroatoms. The van der Waals surface area contributed by atoms with E-state index in [9.17, 15) is 17.2 Å². The van der Waals surface area contributed by atoms with Crippen LogP contribution >= 0.6 is 0 Å². The molecule has 19 heavy (non-hydrogen) atoms. The van der Waals surface area contributed by atoms with Crippen molar-refractivity contribution in [2.45, 2.75) is 31.8 Å². The van der Waals surface area contributed by atoms with Gasteiger partial charge in [-0.05, 0) is 38.0 Å². The van der Waals surface area contributed by atoms with Gasteiger partial charge in [0.05, 0.1) is 11.5 Å². The minimum atomic E-state index is -3.01. The molecule has 1 heterocycles. The Hall–Kier alpha value is -1.01. The zero-order valence-electron chi connectivity index (χ0n) is 10.9. The molecular formula is C13H17F2NO2S. The topological polar surface area (TPSA) is 46.2 Å². The molecule has 1 aromatic carbocycles. The lowest BCUT2D eigenvalue weighted by molar-refractivity contribution is 0.354. The van der Waals surface area contributed by atoms with Gasteiger partial charge >= 0.3 is 0 Å². The van der Waals surface area contributed by atoms with Crippen molar-refractivity contribution in [1.29, 1.82) is 0 Å². The largest absolute Gasteiger partial charge is 0.304 e. The molecule has 0 aliphatic carbocycles. The molecule has 1 aliphatic rings. The first kappa shape index (κ1) is 14.4. The number of halogens is 2. The quantitative estimate of drug-likeness (QED) is 0.928. The second kappa shape index (κ2) is 4.83. The van der Waals surface area contributed by atoms with E-state index in [1.165, 1.54) is 12.1 Å². The van der Waals surface area contributed by atoms with Crippen LogP contribution in [0.15, 0.2) is 18.2 Å². The van der Waals surface area contributed by atoms with Crippen molar-refractivity contribution in [1.82, 2.24) is 5.32 Å². The number of rotatable bonds is 3. The third kappa shape index (κ3) is 3.51. The summed E-state index contributed by atoms with van der Waals surface area (Å²) in [5.41, 5.74) is -0.0656. The van der Waals surface area contributed by atoms with Crippen molar-refractivity contribution in [2.75, 3.05) is 11.5 Å². The summed E-state index contributed by atoms with van der Waals surface area (Å²) in [6.45, 7) is 3.59. The summed E-state index contributed by atoms with van der Waals surface area (Å²) < 4.78 is 49.3. The maximum atomic E-state index is 13.2. The molecule has 0 spiro atoms. The Bertz CT molecular complexity index is 568. The average Bonchev–Trinajstić information content (AvgIpc) is 2.51. The van der Waals surface area contributed by atoms with E-state index in [2.05, 4.69) is 5.32 Å². The Kier molecular flexibility index (Phi) is 3.66. The fourth-order valence-corrected chi connectivity index (χ4v) is 4.66. The standard InChI is InChI=1S/C13H17F2NO2S/c1-9(10-5-11(14)7-12(15)6-10)16-13(2)3-4-19(17,18)8-13/h5-7,9,16H,3-4,8H2,1-2H3. The van der Waals surface area contributed by atoms with Gasteiger partial charge in [-0.15, -0.1) is 0 Å². The smallest absolute Gasteiger partial charge is 0.152 e. The molecule has 0 aromatic heterocycles. The molecule has 1 saturated heterocycles. The van der Waals surface area contributed by atoms with E-state index in [4.69, 9.17) is 0 Å². The lowest BCUT2D eigenvalue weighted by atomic mass is 9.98. The van der Waals surface area contributed by atoms with Gasteiger partial charge in [-0.3, -0.25) is 0 Å². The van der Waals surface area contributed by atoms with Crippen molar-refractivity contribution >= 4 is 9.84 Å². The van der Waals surface area contributed by atoms with Gasteiger partial charge in [-0.1, -0.05) is 0 Å². The zero-order chi connectivity index (χ0) is 14.3. The zero-order valence-corrected chi connectivity index (χ0v) is 11.7. The normalized spacial score (nSPS) is 27.4. The second-order valence-corrected chi connectivity index (χ2v) is 7.66. The van der Waals surface area contributed by atoms with Crippen LogP contribution in [0, 0.1) is 11.6 Å². The molecule has 1 aliphatic heterocycles. The predicted octanol–water partition coefficient (Wildman–Crippen LogP) is 2.19. The number of hydrogen-bond acceptors (Lipinski definition) is 3. The maximum Gasteiger partial charge on any atom is 0.152 e. The Morgan fingerprint density at radius 3 is 2.32 bits per heavy atom. The fourth-order valence-electron chi connectivity index (χ4n) is 2.56. The second-order valence-electron chi connectivity index (χ2n) is 5.47. The molecule has 2 atom stereocenters. The Morgan fingerprint density at radius 1 is 1.26 bits per heavy atom. The highest BCUT2D eigenvalue weighted by molar-refractivity contribution is 7.91. The van der Waals surface area contributed by atoms with Crippen molar-refractivity contribution in [3.05, 3.63) is 35.4 Å². The van der Waals surface area contributed by atoms with Crippen molar-refractivity contribution in [2.24, 2.45) is 0 Å². The number of hydrogen-bond donors (Lipinski definition) is 1. The third-order valence-electron chi connectivity index (χ3n) is 3.45. The van der Waals surface area contributed by atoms with E-state index in [1.54, 1.807) is 6.92 Å². The van der Waals surface area contributed by atoms with E-state index in [-0.39, 0.29) is 17.5 Å². The Morgan fingerprint density at radius 2 is 1.84 bits per heavy atom. The van der Waals surface area contributed by atoms with Crippen LogP contribution in [0.3, 0.4) is 0 Å². The van der Waals surface area contributed by atoms with Crippen LogP contribution in [0.4, 0.5) is 8.78 Å². The highest BCUT2D eigenvalue weighted by Crippen LogP contribution is 2.27. The van der Waals surface area contributed by atoms with Gasteiger partial charge in [-0.25, -0.2) is 17.2 Å². The highest BCUT2D eigenvalue weighted by atomic mass is 32.2. The molecule has 0 saturated carbocycles. The molecule has 0 amide bonds. The van der Waals surface area contributed by atoms with E-state index in [0.717, 1.165) is 6.07 Å². The van der Waals surface area contributed by atoms with Gasteiger partial charge < -0.3 is 5.32 Å². The molecule has 1 N–H and O–H groups in total. The molecule has 0 radical (unpaired) electrons. The molecule has 0 bridgehead atoms. The molecule has 2 unspecified atom stereocenters. The van der Waals surface area contributed by atoms with Gasteiger partial charge in [-0.2, -0.15) is 0 Å². The maximum absolute atomic E-state index is 13.2. The minimum absolute atomic E-state index is 0.0577. The molecule has 1 fully saturated rings. The average molecular weight is 289 g/mol. The van der Waals surface area contributed by atoms with E-state index >= 15 is 0 Å². The molecular weight excluding hydrogens is 272 g/mol. The van der Waals surface area contributed by atoms with E-state index in [0.29, 0.717) is 12.0 Å².